The van der Waals surface area contributed by atoms with Gasteiger partial charge in [-0.2, -0.15) is 0 Å². The summed E-state index contributed by atoms with van der Waals surface area (Å²) in [4.78, 5) is 23.3. The highest BCUT2D eigenvalue weighted by Gasteiger charge is 2.08. The molecule has 2 N–H and O–H groups in total. The third-order valence-electron chi connectivity index (χ3n) is 3.51. The van der Waals surface area contributed by atoms with Crippen LogP contribution in [0.25, 0.3) is 0 Å². The van der Waals surface area contributed by atoms with E-state index in [9.17, 15) is 9.59 Å². The van der Waals surface area contributed by atoms with Crippen molar-refractivity contribution in [3.8, 4) is 5.75 Å². The molecule has 0 aliphatic heterocycles. The van der Waals surface area contributed by atoms with Gasteiger partial charge in [-0.05, 0) is 30.2 Å². The predicted molar refractivity (Wildman–Crippen MR) is 94.0 cm³/mol. The summed E-state index contributed by atoms with van der Waals surface area (Å²) in [7, 11) is 1.55. The molecule has 0 spiro atoms. The van der Waals surface area contributed by atoms with Crippen LogP contribution in [0.4, 0.5) is 5.69 Å². The lowest BCUT2D eigenvalue weighted by Crippen LogP contribution is -2.24. The van der Waals surface area contributed by atoms with Crippen LogP contribution in [0.3, 0.4) is 0 Å². The van der Waals surface area contributed by atoms with Crippen LogP contribution in [-0.2, 0) is 22.6 Å². The van der Waals surface area contributed by atoms with E-state index < -0.39 is 0 Å². The summed E-state index contributed by atoms with van der Waals surface area (Å²) in [5, 5.41) is 5.61. The highest BCUT2D eigenvalue weighted by molar-refractivity contribution is 5.90. The monoisotopic (exact) mass is 326 g/mol. The van der Waals surface area contributed by atoms with Gasteiger partial charge in [-0.1, -0.05) is 35.9 Å². The summed E-state index contributed by atoms with van der Waals surface area (Å²) in [6, 6.07) is 13.3. The van der Waals surface area contributed by atoms with Crippen molar-refractivity contribution in [3.63, 3.8) is 0 Å². The second-order valence-electron chi connectivity index (χ2n) is 5.66. The molecule has 0 unspecified atom stereocenters. The topological polar surface area (TPSA) is 67.4 Å². The van der Waals surface area contributed by atoms with E-state index in [4.69, 9.17) is 4.74 Å². The Morgan fingerprint density at radius 2 is 1.88 bits per heavy atom. The first kappa shape index (κ1) is 17.5. The molecule has 126 valence electrons. The molecule has 0 radical (unpaired) electrons. The van der Waals surface area contributed by atoms with Gasteiger partial charge in [0.05, 0.1) is 19.2 Å². The number of anilines is 1. The molecule has 5 heteroatoms. The van der Waals surface area contributed by atoms with Gasteiger partial charge in [0.25, 0.3) is 0 Å². The van der Waals surface area contributed by atoms with E-state index in [0.717, 1.165) is 16.7 Å². The van der Waals surface area contributed by atoms with Crippen molar-refractivity contribution in [2.75, 3.05) is 12.4 Å². The molecule has 0 saturated heterocycles. The number of amides is 2. The molecule has 0 aromatic heterocycles. The maximum absolute atomic E-state index is 12.1. The lowest BCUT2D eigenvalue weighted by atomic mass is 10.1. The zero-order valence-corrected chi connectivity index (χ0v) is 14.2. The normalized spacial score (nSPS) is 10.1. The molecule has 5 nitrogen and oxygen atoms in total. The minimum absolute atomic E-state index is 0.0440. The predicted octanol–water partition coefficient (Wildman–Crippen LogP) is 2.82. The summed E-state index contributed by atoms with van der Waals surface area (Å²) in [6.45, 7) is 3.83. The second kappa shape index (κ2) is 8.15. The fourth-order valence-corrected chi connectivity index (χ4v) is 2.42. The first-order chi connectivity index (χ1) is 11.5. The zero-order chi connectivity index (χ0) is 17.5. The largest absolute Gasteiger partial charge is 0.495 e. The lowest BCUT2D eigenvalue weighted by Gasteiger charge is -2.12. The molecule has 0 saturated carbocycles. The van der Waals surface area contributed by atoms with Crippen LogP contribution in [-0.4, -0.2) is 18.9 Å². The Morgan fingerprint density at radius 3 is 2.54 bits per heavy atom. The van der Waals surface area contributed by atoms with Crippen molar-refractivity contribution >= 4 is 17.5 Å². The Morgan fingerprint density at radius 1 is 1.08 bits per heavy atom. The molecule has 0 heterocycles. The van der Waals surface area contributed by atoms with E-state index in [1.165, 1.54) is 6.92 Å². The van der Waals surface area contributed by atoms with Gasteiger partial charge in [-0.3, -0.25) is 9.59 Å². The molecule has 0 atom stereocenters. The Labute approximate surface area is 142 Å². The molecular formula is C19H22N2O3. The van der Waals surface area contributed by atoms with Gasteiger partial charge in [0.15, 0.2) is 0 Å². The smallest absolute Gasteiger partial charge is 0.224 e. The molecular weight excluding hydrogens is 304 g/mol. The summed E-state index contributed by atoms with van der Waals surface area (Å²) >= 11 is 0. The molecule has 2 amide bonds. The maximum atomic E-state index is 12.1. The number of ether oxygens (including phenoxy) is 1. The van der Waals surface area contributed by atoms with E-state index in [1.54, 1.807) is 19.2 Å². The number of methoxy groups -OCH3 is 1. The highest BCUT2D eigenvalue weighted by Crippen LogP contribution is 2.25. The molecule has 2 rings (SSSR count). The minimum atomic E-state index is -0.172. The molecule has 2 aromatic rings. The molecule has 0 aliphatic rings. The SMILES string of the molecule is COc1ccc(CNC(=O)Cc2cccc(C)c2)cc1NC(C)=O. The van der Waals surface area contributed by atoms with Gasteiger partial charge in [-0.25, -0.2) is 0 Å². The van der Waals surface area contributed by atoms with Crippen molar-refractivity contribution in [1.29, 1.82) is 0 Å². The van der Waals surface area contributed by atoms with Gasteiger partial charge in [-0.15, -0.1) is 0 Å². The minimum Gasteiger partial charge on any atom is -0.495 e. The first-order valence-corrected chi connectivity index (χ1v) is 7.74. The summed E-state index contributed by atoms with van der Waals surface area (Å²) < 4.78 is 5.21. The van der Waals surface area contributed by atoms with Gasteiger partial charge >= 0.3 is 0 Å². The number of hydrogen-bond donors (Lipinski definition) is 2. The number of benzene rings is 2. The fourth-order valence-electron chi connectivity index (χ4n) is 2.42. The summed E-state index contributed by atoms with van der Waals surface area (Å²) in [5.41, 5.74) is 3.60. The quantitative estimate of drug-likeness (QED) is 0.858. The lowest BCUT2D eigenvalue weighted by molar-refractivity contribution is -0.120. The van der Waals surface area contributed by atoms with Crippen LogP contribution in [0, 0.1) is 6.92 Å². The van der Waals surface area contributed by atoms with E-state index in [0.29, 0.717) is 24.4 Å². The van der Waals surface area contributed by atoms with Crippen LogP contribution in [0.2, 0.25) is 0 Å². The summed E-state index contributed by atoms with van der Waals surface area (Å²) in [5.74, 6) is 0.367. The van der Waals surface area contributed by atoms with Crippen LogP contribution >= 0.6 is 0 Å². The molecule has 0 bridgehead atoms. The molecule has 2 aromatic carbocycles. The number of nitrogens with one attached hydrogen (secondary N) is 2. The summed E-state index contributed by atoms with van der Waals surface area (Å²) in [6.07, 6.45) is 0.344. The Bertz CT molecular complexity index is 741. The van der Waals surface area contributed by atoms with E-state index in [1.807, 2.05) is 37.3 Å². The number of aryl methyl sites for hydroxylation is 1. The standard InChI is InChI=1S/C19H22N2O3/c1-13-5-4-6-15(9-13)11-19(23)20-12-16-7-8-18(24-3)17(10-16)21-14(2)22/h4-10H,11-12H2,1-3H3,(H,20,23)(H,21,22). The molecule has 24 heavy (non-hydrogen) atoms. The number of rotatable bonds is 6. The molecule has 0 fully saturated rings. The van der Waals surface area contributed by atoms with Crippen LogP contribution in [0.5, 0.6) is 5.75 Å². The van der Waals surface area contributed by atoms with Crippen molar-refractivity contribution < 1.29 is 14.3 Å². The number of carbonyl (C=O) groups excluding carboxylic acids is 2. The first-order valence-electron chi connectivity index (χ1n) is 7.74. The van der Waals surface area contributed by atoms with Crippen LogP contribution < -0.4 is 15.4 Å². The third-order valence-corrected chi connectivity index (χ3v) is 3.51. The van der Waals surface area contributed by atoms with Crippen molar-refractivity contribution in [2.24, 2.45) is 0 Å². The Hall–Kier alpha value is -2.82. The van der Waals surface area contributed by atoms with E-state index in [-0.39, 0.29) is 11.8 Å². The molecule has 0 aliphatic carbocycles. The third kappa shape index (κ3) is 5.12. The number of hydrogen-bond acceptors (Lipinski definition) is 3. The van der Waals surface area contributed by atoms with E-state index in [2.05, 4.69) is 10.6 Å². The van der Waals surface area contributed by atoms with Crippen LogP contribution in [0.15, 0.2) is 42.5 Å². The van der Waals surface area contributed by atoms with E-state index >= 15 is 0 Å². The zero-order valence-electron chi connectivity index (χ0n) is 14.2. The second-order valence-corrected chi connectivity index (χ2v) is 5.66. The maximum Gasteiger partial charge on any atom is 0.224 e. The Balaban J connectivity index is 1.98. The average molecular weight is 326 g/mol. The van der Waals surface area contributed by atoms with Crippen molar-refractivity contribution in [1.82, 2.24) is 5.32 Å². The number of carbonyl (C=O) groups is 2. The Kier molecular flexibility index (Phi) is 5.95. The van der Waals surface area contributed by atoms with Gasteiger partial charge in [0.1, 0.15) is 5.75 Å². The van der Waals surface area contributed by atoms with Gasteiger partial charge in [0.2, 0.25) is 11.8 Å². The average Bonchev–Trinajstić information content (AvgIpc) is 2.52. The van der Waals surface area contributed by atoms with Crippen molar-refractivity contribution in [3.05, 3.63) is 59.2 Å². The van der Waals surface area contributed by atoms with Gasteiger partial charge < -0.3 is 15.4 Å². The highest BCUT2D eigenvalue weighted by atomic mass is 16.5. The van der Waals surface area contributed by atoms with Crippen LogP contribution in [0.1, 0.15) is 23.6 Å². The van der Waals surface area contributed by atoms with Gasteiger partial charge in [0, 0.05) is 13.5 Å². The van der Waals surface area contributed by atoms with Crippen molar-refractivity contribution in [2.45, 2.75) is 26.8 Å². The fraction of sp³-hybridized carbons (Fsp3) is 0.263.